The van der Waals surface area contributed by atoms with E-state index >= 15 is 0 Å². The van der Waals surface area contributed by atoms with Crippen LogP contribution in [0.4, 0.5) is 17.6 Å². The number of benzene rings is 1. The Labute approximate surface area is 122 Å². The number of halogens is 5. The molecule has 0 aliphatic heterocycles. The first-order valence-corrected chi connectivity index (χ1v) is 7.02. The first-order chi connectivity index (χ1) is 9.16. The lowest BCUT2D eigenvalue weighted by atomic mass is 10.0. The van der Waals surface area contributed by atoms with Crippen molar-refractivity contribution in [3.05, 3.63) is 35.1 Å². The summed E-state index contributed by atoms with van der Waals surface area (Å²) in [5, 5.41) is 3.10. The maximum atomic E-state index is 13.5. The monoisotopic (exact) mass is 355 g/mol. The second-order valence-electron chi connectivity index (χ2n) is 4.59. The minimum atomic E-state index is -4.61. The number of amides is 1. The molecule has 1 aromatic carbocycles. The largest absolute Gasteiger partial charge is 0.416 e. The normalized spacial score (nSPS) is 14.8. The van der Waals surface area contributed by atoms with E-state index in [0.717, 1.165) is 0 Å². The minimum absolute atomic E-state index is 0.0628. The lowest BCUT2D eigenvalue weighted by Gasteiger charge is -2.19. The molecule has 112 valence electrons. The number of carbonyl (C=O) groups excluding carboxylic acids is 1. The van der Waals surface area contributed by atoms with Crippen molar-refractivity contribution >= 4 is 21.8 Å². The van der Waals surface area contributed by atoms with Gasteiger partial charge in [0.05, 0.1) is 11.1 Å². The van der Waals surface area contributed by atoms with E-state index in [0.29, 0.717) is 23.5 Å². The second-order valence-corrected chi connectivity index (χ2v) is 5.23. The van der Waals surface area contributed by atoms with E-state index in [9.17, 15) is 22.4 Å². The highest BCUT2D eigenvalue weighted by atomic mass is 79.9. The van der Waals surface area contributed by atoms with Crippen LogP contribution in [0.2, 0.25) is 0 Å². The van der Waals surface area contributed by atoms with Crippen molar-refractivity contribution in [2.24, 2.45) is 5.92 Å². The van der Waals surface area contributed by atoms with E-state index < -0.39 is 29.0 Å². The average Bonchev–Trinajstić information content (AvgIpc) is 2.36. The summed E-state index contributed by atoms with van der Waals surface area (Å²) >= 11 is 3.24. The molecule has 0 aliphatic rings. The van der Waals surface area contributed by atoms with Crippen molar-refractivity contribution in [1.82, 2.24) is 5.32 Å². The molecule has 1 rings (SSSR count). The van der Waals surface area contributed by atoms with Crippen LogP contribution in [0.5, 0.6) is 0 Å². The molecule has 0 aromatic heterocycles. The number of alkyl halides is 4. The molecule has 1 amide bonds. The summed E-state index contributed by atoms with van der Waals surface area (Å²) in [5.74, 6) is -1.77. The first-order valence-electron chi connectivity index (χ1n) is 5.90. The van der Waals surface area contributed by atoms with Gasteiger partial charge in [0.25, 0.3) is 5.91 Å². The average molecular weight is 356 g/mol. The highest BCUT2D eigenvalue weighted by Crippen LogP contribution is 2.30. The van der Waals surface area contributed by atoms with Crippen LogP contribution in [0.1, 0.15) is 29.8 Å². The number of nitrogens with one attached hydrogen (secondary N) is 1. The van der Waals surface area contributed by atoms with Crippen LogP contribution in [-0.4, -0.2) is 17.3 Å². The fourth-order valence-electron chi connectivity index (χ4n) is 1.44. The van der Waals surface area contributed by atoms with E-state index in [-0.39, 0.29) is 12.0 Å². The maximum Gasteiger partial charge on any atom is 0.416 e. The van der Waals surface area contributed by atoms with Crippen LogP contribution >= 0.6 is 15.9 Å². The topological polar surface area (TPSA) is 29.1 Å². The SMILES string of the molecule is CC(CBr)C(C)NC(=O)c1cc(C(F)(F)F)ccc1F. The van der Waals surface area contributed by atoms with Gasteiger partial charge in [-0.15, -0.1) is 0 Å². The summed E-state index contributed by atoms with van der Waals surface area (Å²) in [6.07, 6.45) is -4.61. The standard InChI is InChI=1S/C13H14BrF4NO/c1-7(6-14)8(2)19-12(20)10-5-9(13(16,17)18)3-4-11(10)15/h3-5,7-8H,6H2,1-2H3,(H,19,20). The van der Waals surface area contributed by atoms with Crippen molar-refractivity contribution < 1.29 is 22.4 Å². The Morgan fingerprint density at radius 3 is 2.45 bits per heavy atom. The molecule has 0 saturated carbocycles. The van der Waals surface area contributed by atoms with Gasteiger partial charge >= 0.3 is 6.18 Å². The summed E-state index contributed by atoms with van der Waals surface area (Å²) in [5.41, 5.74) is -1.65. The molecule has 0 heterocycles. The molecular weight excluding hydrogens is 342 g/mol. The first kappa shape index (κ1) is 16.9. The summed E-state index contributed by atoms with van der Waals surface area (Å²) < 4.78 is 51.1. The highest BCUT2D eigenvalue weighted by molar-refractivity contribution is 9.09. The Bertz CT molecular complexity index is 490. The number of rotatable bonds is 4. The number of hydrogen-bond donors (Lipinski definition) is 1. The van der Waals surface area contributed by atoms with Gasteiger partial charge in [-0.25, -0.2) is 4.39 Å². The van der Waals surface area contributed by atoms with Gasteiger partial charge in [-0.3, -0.25) is 4.79 Å². The zero-order valence-electron chi connectivity index (χ0n) is 10.9. The second kappa shape index (κ2) is 6.56. The Kier molecular flexibility index (Phi) is 5.56. The van der Waals surface area contributed by atoms with E-state index in [1.165, 1.54) is 0 Å². The molecule has 0 saturated heterocycles. The van der Waals surface area contributed by atoms with Gasteiger partial charge < -0.3 is 5.32 Å². The van der Waals surface area contributed by atoms with E-state index in [1.54, 1.807) is 6.92 Å². The van der Waals surface area contributed by atoms with Gasteiger partial charge in [0.1, 0.15) is 5.82 Å². The van der Waals surface area contributed by atoms with Crippen LogP contribution in [0.25, 0.3) is 0 Å². The van der Waals surface area contributed by atoms with Crippen molar-refractivity contribution in [2.75, 3.05) is 5.33 Å². The Balaban J connectivity index is 2.98. The van der Waals surface area contributed by atoms with Gasteiger partial charge in [0.2, 0.25) is 0 Å². The van der Waals surface area contributed by atoms with Crippen molar-refractivity contribution in [1.29, 1.82) is 0 Å². The third kappa shape index (κ3) is 4.19. The molecular formula is C13H14BrF4NO. The lowest BCUT2D eigenvalue weighted by Crippen LogP contribution is -2.38. The molecule has 0 fully saturated rings. The molecule has 2 nitrogen and oxygen atoms in total. The summed E-state index contributed by atoms with van der Waals surface area (Å²) in [7, 11) is 0. The van der Waals surface area contributed by atoms with Crippen LogP contribution in [0.15, 0.2) is 18.2 Å². The van der Waals surface area contributed by atoms with Gasteiger partial charge in [-0.2, -0.15) is 13.2 Å². The quantitative estimate of drug-likeness (QED) is 0.642. The van der Waals surface area contributed by atoms with Crippen molar-refractivity contribution in [3.63, 3.8) is 0 Å². The molecule has 20 heavy (non-hydrogen) atoms. The van der Waals surface area contributed by atoms with Crippen LogP contribution in [-0.2, 0) is 6.18 Å². The third-order valence-electron chi connectivity index (χ3n) is 2.99. The third-order valence-corrected chi connectivity index (χ3v) is 4.02. The Morgan fingerprint density at radius 1 is 1.35 bits per heavy atom. The van der Waals surface area contributed by atoms with Crippen LogP contribution < -0.4 is 5.32 Å². The maximum absolute atomic E-state index is 13.5. The van der Waals surface area contributed by atoms with Crippen molar-refractivity contribution in [3.8, 4) is 0 Å². The zero-order chi connectivity index (χ0) is 15.5. The summed E-state index contributed by atoms with van der Waals surface area (Å²) in [6.45, 7) is 3.55. The Morgan fingerprint density at radius 2 is 1.95 bits per heavy atom. The molecule has 7 heteroatoms. The summed E-state index contributed by atoms with van der Waals surface area (Å²) in [4.78, 5) is 11.8. The predicted molar refractivity (Wildman–Crippen MR) is 71.3 cm³/mol. The molecule has 2 unspecified atom stereocenters. The molecule has 0 spiro atoms. The van der Waals surface area contributed by atoms with E-state index in [2.05, 4.69) is 21.2 Å². The smallest absolute Gasteiger partial charge is 0.349 e. The van der Waals surface area contributed by atoms with Crippen molar-refractivity contribution in [2.45, 2.75) is 26.1 Å². The predicted octanol–water partition coefficient (Wildman–Crippen LogP) is 3.99. The Hall–Kier alpha value is -1.11. The van der Waals surface area contributed by atoms with Crippen LogP contribution in [0.3, 0.4) is 0 Å². The van der Waals surface area contributed by atoms with Gasteiger partial charge in [0, 0.05) is 11.4 Å². The highest BCUT2D eigenvalue weighted by Gasteiger charge is 2.32. The molecule has 0 bridgehead atoms. The molecule has 0 radical (unpaired) electrons. The van der Waals surface area contributed by atoms with Gasteiger partial charge in [0.15, 0.2) is 0 Å². The van der Waals surface area contributed by atoms with E-state index in [1.807, 2.05) is 6.92 Å². The number of carbonyl (C=O) groups is 1. The number of hydrogen-bond acceptors (Lipinski definition) is 1. The fraction of sp³-hybridized carbons (Fsp3) is 0.462. The molecule has 0 aliphatic carbocycles. The summed E-state index contributed by atoms with van der Waals surface area (Å²) in [6, 6.07) is 1.49. The van der Waals surface area contributed by atoms with Gasteiger partial charge in [-0.1, -0.05) is 22.9 Å². The van der Waals surface area contributed by atoms with Crippen LogP contribution in [0, 0.1) is 11.7 Å². The van der Waals surface area contributed by atoms with E-state index in [4.69, 9.17) is 0 Å². The fourth-order valence-corrected chi connectivity index (χ4v) is 2.00. The lowest BCUT2D eigenvalue weighted by molar-refractivity contribution is -0.137. The van der Waals surface area contributed by atoms with Gasteiger partial charge in [-0.05, 0) is 31.0 Å². The molecule has 1 N–H and O–H groups in total. The molecule has 1 aromatic rings. The minimum Gasteiger partial charge on any atom is -0.349 e. The molecule has 2 atom stereocenters. The zero-order valence-corrected chi connectivity index (χ0v) is 12.5.